The second-order valence-corrected chi connectivity index (χ2v) is 9.23. The summed E-state index contributed by atoms with van der Waals surface area (Å²) >= 11 is 0. The molecule has 1 aromatic heterocycles. The van der Waals surface area contributed by atoms with Crippen LogP contribution in [-0.2, 0) is 23.0 Å². The van der Waals surface area contributed by atoms with Crippen molar-refractivity contribution in [2.24, 2.45) is 0 Å². The number of hydrogen-bond acceptors (Lipinski definition) is 6. The smallest absolute Gasteiger partial charge is 0.265 e. The number of halogens is 1. The fourth-order valence-electron chi connectivity index (χ4n) is 3.74. The average molecular weight is 443 g/mol. The number of carbonyl (C=O) groups is 2. The van der Waals surface area contributed by atoms with E-state index in [9.17, 15) is 27.5 Å². The molecule has 3 aromatic rings. The number of phenolic OH excluding ortho intramolecular Hbond substituents is 1. The van der Waals surface area contributed by atoms with Crippen molar-refractivity contribution in [3.63, 3.8) is 0 Å². The Labute approximate surface area is 177 Å². The minimum Gasteiger partial charge on any atom is -0.505 e. The van der Waals surface area contributed by atoms with Gasteiger partial charge in [-0.2, -0.15) is 0 Å². The van der Waals surface area contributed by atoms with Gasteiger partial charge in [-0.25, -0.2) is 17.5 Å². The molecule has 0 saturated carbocycles. The van der Waals surface area contributed by atoms with Crippen LogP contribution in [0.15, 0.2) is 36.5 Å². The Balaban J connectivity index is 1.93. The second kappa shape index (κ2) is 7.31. The molecule has 31 heavy (non-hydrogen) atoms. The summed E-state index contributed by atoms with van der Waals surface area (Å²) in [6, 6.07) is 7.50. The lowest BCUT2D eigenvalue weighted by molar-refractivity contribution is 0.0813. The SMILES string of the molecule is CN1Cc2c(c(O)c3ncc(Cc4ccc(F)cc4)cc3c2C(=O)NS(C)(=O)=O)C1=O. The molecule has 2 amide bonds. The van der Waals surface area contributed by atoms with Crippen molar-refractivity contribution in [1.82, 2.24) is 14.6 Å². The van der Waals surface area contributed by atoms with Crippen LogP contribution in [-0.4, -0.2) is 48.5 Å². The van der Waals surface area contributed by atoms with Gasteiger partial charge in [0.25, 0.3) is 11.8 Å². The molecule has 2 heterocycles. The van der Waals surface area contributed by atoms with Crippen LogP contribution in [0.4, 0.5) is 4.39 Å². The maximum atomic E-state index is 13.2. The zero-order chi connectivity index (χ0) is 22.5. The first-order valence-corrected chi connectivity index (χ1v) is 11.1. The van der Waals surface area contributed by atoms with Crippen molar-refractivity contribution in [3.8, 4) is 5.75 Å². The highest BCUT2D eigenvalue weighted by atomic mass is 32.2. The first-order chi connectivity index (χ1) is 14.5. The molecule has 8 nitrogen and oxygen atoms in total. The molecule has 160 valence electrons. The van der Waals surface area contributed by atoms with Gasteiger partial charge in [-0.15, -0.1) is 0 Å². The number of aromatic hydroxyl groups is 1. The first kappa shape index (κ1) is 20.7. The zero-order valence-electron chi connectivity index (χ0n) is 16.6. The predicted octanol–water partition coefficient (Wildman–Crippen LogP) is 1.95. The van der Waals surface area contributed by atoms with Gasteiger partial charge in [0.2, 0.25) is 10.0 Å². The number of hydrogen-bond donors (Lipinski definition) is 2. The molecule has 0 unspecified atom stereocenters. The summed E-state index contributed by atoms with van der Waals surface area (Å²) < 4.78 is 38.5. The van der Waals surface area contributed by atoms with E-state index in [-0.39, 0.29) is 45.7 Å². The average Bonchev–Trinajstić information content (AvgIpc) is 2.97. The monoisotopic (exact) mass is 443 g/mol. The van der Waals surface area contributed by atoms with E-state index in [1.165, 1.54) is 30.3 Å². The summed E-state index contributed by atoms with van der Waals surface area (Å²) in [4.78, 5) is 31.0. The Bertz CT molecular complexity index is 1350. The van der Waals surface area contributed by atoms with E-state index in [4.69, 9.17) is 0 Å². The maximum Gasteiger partial charge on any atom is 0.265 e. The third kappa shape index (κ3) is 3.81. The number of aromatic nitrogens is 1. The normalized spacial score (nSPS) is 13.5. The highest BCUT2D eigenvalue weighted by Gasteiger charge is 2.35. The van der Waals surface area contributed by atoms with Gasteiger partial charge < -0.3 is 10.0 Å². The minimum atomic E-state index is -3.87. The first-order valence-electron chi connectivity index (χ1n) is 9.23. The van der Waals surface area contributed by atoms with E-state index < -0.39 is 21.8 Å². The third-order valence-electron chi connectivity index (χ3n) is 5.06. The van der Waals surface area contributed by atoms with E-state index in [2.05, 4.69) is 4.98 Å². The fourth-order valence-corrected chi connectivity index (χ4v) is 4.18. The molecule has 1 aliphatic rings. The molecular weight excluding hydrogens is 425 g/mol. The number of fused-ring (bicyclic) bond motifs is 2. The molecule has 0 spiro atoms. The van der Waals surface area contributed by atoms with Crippen LogP contribution in [0.25, 0.3) is 10.9 Å². The van der Waals surface area contributed by atoms with Crippen LogP contribution in [0.3, 0.4) is 0 Å². The highest BCUT2D eigenvalue weighted by molar-refractivity contribution is 7.89. The molecule has 2 aromatic carbocycles. The summed E-state index contributed by atoms with van der Waals surface area (Å²) in [6.07, 6.45) is 2.70. The Kier molecular flexibility index (Phi) is 4.89. The Morgan fingerprint density at radius 3 is 2.58 bits per heavy atom. The molecule has 0 bridgehead atoms. The lowest BCUT2D eigenvalue weighted by Gasteiger charge is -2.14. The predicted molar refractivity (Wildman–Crippen MR) is 111 cm³/mol. The zero-order valence-corrected chi connectivity index (χ0v) is 17.5. The van der Waals surface area contributed by atoms with Crippen LogP contribution in [0.5, 0.6) is 5.75 Å². The van der Waals surface area contributed by atoms with E-state index in [1.807, 2.05) is 4.72 Å². The number of nitrogens with one attached hydrogen (secondary N) is 1. The Morgan fingerprint density at radius 2 is 1.94 bits per heavy atom. The molecule has 0 radical (unpaired) electrons. The standard InChI is InChI=1S/C21H18FN3O5S/c1-25-10-15-16(20(27)24-31(2,29)30)14-8-12(7-11-3-5-13(22)6-4-11)9-23-18(14)19(26)17(15)21(25)28/h3-6,8-9,26H,7,10H2,1-2H3,(H,24,27). The van der Waals surface area contributed by atoms with Gasteiger partial charge >= 0.3 is 0 Å². The molecule has 4 rings (SSSR count). The van der Waals surface area contributed by atoms with Crippen LogP contribution >= 0.6 is 0 Å². The van der Waals surface area contributed by atoms with Crippen LogP contribution in [0.1, 0.15) is 37.4 Å². The third-order valence-corrected chi connectivity index (χ3v) is 5.62. The number of sulfonamides is 1. The molecule has 2 N–H and O–H groups in total. The van der Waals surface area contributed by atoms with Gasteiger partial charge in [0.05, 0.1) is 17.4 Å². The van der Waals surface area contributed by atoms with Gasteiger partial charge in [0.15, 0.2) is 5.75 Å². The van der Waals surface area contributed by atoms with Crippen LogP contribution in [0, 0.1) is 5.82 Å². The van der Waals surface area contributed by atoms with Crippen molar-refractivity contribution in [2.75, 3.05) is 13.3 Å². The fraction of sp³-hybridized carbons (Fsp3) is 0.190. The highest BCUT2D eigenvalue weighted by Crippen LogP contribution is 2.39. The van der Waals surface area contributed by atoms with Crippen LogP contribution < -0.4 is 4.72 Å². The van der Waals surface area contributed by atoms with Gasteiger partial charge in [-0.3, -0.25) is 14.6 Å². The van der Waals surface area contributed by atoms with E-state index in [1.54, 1.807) is 18.2 Å². The lowest BCUT2D eigenvalue weighted by Crippen LogP contribution is -2.30. The molecule has 1 aliphatic heterocycles. The largest absolute Gasteiger partial charge is 0.505 e. The van der Waals surface area contributed by atoms with E-state index in [0.717, 1.165) is 11.8 Å². The Hall–Kier alpha value is -3.53. The molecular formula is C21H18FN3O5S. The number of benzene rings is 2. The van der Waals surface area contributed by atoms with E-state index in [0.29, 0.717) is 12.0 Å². The topological polar surface area (TPSA) is 117 Å². The molecule has 10 heteroatoms. The summed E-state index contributed by atoms with van der Waals surface area (Å²) in [5, 5.41) is 10.9. The second-order valence-electron chi connectivity index (χ2n) is 7.48. The molecule has 0 aliphatic carbocycles. The molecule has 0 fully saturated rings. The van der Waals surface area contributed by atoms with Crippen molar-refractivity contribution < 1.29 is 27.5 Å². The lowest BCUT2D eigenvalue weighted by atomic mass is 9.94. The number of pyridine rings is 1. The summed E-state index contributed by atoms with van der Waals surface area (Å²) in [5.41, 5.74) is 1.62. The van der Waals surface area contributed by atoms with Gasteiger partial charge in [-0.1, -0.05) is 12.1 Å². The van der Waals surface area contributed by atoms with E-state index >= 15 is 0 Å². The summed E-state index contributed by atoms with van der Waals surface area (Å²) in [7, 11) is -2.36. The number of carbonyl (C=O) groups excluding carboxylic acids is 2. The van der Waals surface area contributed by atoms with Crippen molar-refractivity contribution in [2.45, 2.75) is 13.0 Å². The summed E-state index contributed by atoms with van der Waals surface area (Å²) in [5.74, 6) is -2.12. The van der Waals surface area contributed by atoms with Crippen LogP contribution in [0.2, 0.25) is 0 Å². The van der Waals surface area contributed by atoms with Crippen molar-refractivity contribution >= 4 is 32.7 Å². The Morgan fingerprint density at radius 1 is 1.26 bits per heavy atom. The number of nitrogens with zero attached hydrogens (tertiary/aromatic N) is 2. The summed E-state index contributed by atoms with van der Waals surface area (Å²) in [6.45, 7) is 0.0341. The van der Waals surface area contributed by atoms with Crippen molar-refractivity contribution in [1.29, 1.82) is 0 Å². The number of amides is 2. The van der Waals surface area contributed by atoms with Gasteiger partial charge in [0.1, 0.15) is 11.3 Å². The number of phenols is 1. The number of rotatable bonds is 4. The van der Waals surface area contributed by atoms with Crippen molar-refractivity contribution in [3.05, 3.63) is 70.2 Å². The molecule has 0 atom stereocenters. The van der Waals surface area contributed by atoms with Gasteiger partial charge in [0, 0.05) is 30.7 Å². The molecule has 0 saturated heterocycles. The quantitative estimate of drug-likeness (QED) is 0.637. The minimum absolute atomic E-state index is 0.0175. The maximum absolute atomic E-state index is 13.2. The van der Waals surface area contributed by atoms with Gasteiger partial charge in [-0.05, 0) is 35.7 Å².